The highest BCUT2D eigenvalue weighted by Gasteiger charge is 2.13. The largest absolute Gasteiger partial charge is 0.497 e. The van der Waals surface area contributed by atoms with Crippen molar-refractivity contribution in [3.63, 3.8) is 0 Å². The first-order valence-electron chi connectivity index (χ1n) is 6.29. The molecule has 0 aromatic heterocycles. The van der Waals surface area contributed by atoms with E-state index in [1.807, 2.05) is 64.9 Å². The summed E-state index contributed by atoms with van der Waals surface area (Å²) in [7, 11) is 3.60. The van der Waals surface area contributed by atoms with Crippen molar-refractivity contribution in [1.29, 1.82) is 0 Å². The van der Waals surface area contributed by atoms with Gasteiger partial charge in [0.2, 0.25) is 0 Å². The van der Waals surface area contributed by atoms with E-state index in [-0.39, 0.29) is 10.6 Å². The van der Waals surface area contributed by atoms with Crippen LogP contribution < -0.4 is 9.64 Å². The van der Waals surface area contributed by atoms with Crippen molar-refractivity contribution >= 4 is 34.0 Å². The number of nitrogens with zero attached hydrogens (tertiary/aromatic N) is 2. The molecule has 0 atom stereocenters. The lowest BCUT2D eigenvalue weighted by molar-refractivity contribution is -0.385. The smallest absolute Gasteiger partial charge is 0.282 e. The maximum atomic E-state index is 10.8. The van der Waals surface area contributed by atoms with Gasteiger partial charge in [0, 0.05) is 25.3 Å². The van der Waals surface area contributed by atoms with E-state index in [9.17, 15) is 10.1 Å². The molecule has 0 bridgehead atoms. The Morgan fingerprint density at radius 3 is 2.67 bits per heavy atom. The minimum absolute atomic E-state index is 0.133. The quantitative estimate of drug-likeness (QED) is 0.436. The van der Waals surface area contributed by atoms with E-state index in [4.69, 9.17) is 4.74 Å². The Labute approximate surface area is 136 Å². The van der Waals surface area contributed by atoms with E-state index < -0.39 is 0 Å². The fourth-order valence-corrected chi connectivity index (χ4v) is 2.71. The number of nitro benzene ring substituents is 1. The van der Waals surface area contributed by atoms with Crippen molar-refractivity contribution in [3.05, 3.63) is 61.7 Å². The van der Waals surface area contributed by atoms with Crippen molar-refractivity contribution in [1.82, 2.24) is 0 Å². The molecule has 2 aromatic rings. The summed E-state index contributed by atoms with van der Waals surface area (Å²) in [5, 5.41) is 10.8. The second-order valence-electron chi connectivity index (χ2n) is 4.60. The standard InChI is InChI=1S/C15H15IN2O3/c1-17(10-11-4-3-5-13(8-11)21-2)12-6-7-15(18(19)20)14(16)9-12/h3-9H,10H2,1-2H3. The van der Waals surface area contributed by atoms with Gasteiger partial charge >= 0.3 is 0 Å². The average molecular weight is 398 g/mol. The van der Waals surface area contributed by atoms with Crippen LogP contribution in [0, 0.1) is 13.7 Å². The normalized spacial score (nSPS) is 10.2. The summed E-state index contributed by atoms with van der Waals surface area (Å²) in [5.74, 6) is 0.819. The number of benzene rings is 2. The van der Waals surface area contributed by atoms with E-state index in [0.717, 1.165) is 17.0 Å². The van der Waals surface area contributed by atoms with Gasteiger partial charge in [0.1, 0.15) is 5.75 Å². The van der Waals surface area contributed by atoms with Gasteiger partial charge < -0.3 is 9.64 Å². The fourth-order valence-electron chi connectivity index (χ4n) is 2.02. The van der Waals surface area contributed by atoms with Crippen LogP contribution in [0.25, 0.3) is 0 Å². The minimum atomic E-state index is -0.367. The molecule has 2 rings (SSSR count). The second-order valence-corrected chi connectivity index (χ2v) is 5.76. The van der Waals surface area contributed by atoms with Crippen LogP contribution in [-0.2, 0) is 6.54 Å². The first-order valence-corrected chi connectivity index (χ1v) is 7.37. The third-order valence-electron chi connectivity index (χ3n) is 3.12. The summed E-state index contributed by atoms with van der Waals surface area (Å²) in [6, 6.07) is 13.0. The number of rotatable bonds is 5. The first kappa shape index (κ1) is 15.6. The summed E-state index contributed by atoms with van der Waals surface area (Å²) in [6.45, 7) is 0.699. The molecule has 0 N–H and O–H groups in total. The first-order chi connectivity index (χ1) is 10.0. The second kappa shape index (κ2) is 6.75. The third-order valence-corrected chi connectivity index (χ3v) is 3.99. The molecule has 0 aliphatic heterocycles. The Kier molecular flexibility index (Phi) is 5.00. The van der Waals surface area contributed by atoms with E-state index in [0.29, 0.717) is 10.1 Å². The lowest BCUT2D eigenvalue weighted by Gasteiger charge is -2.20. The molecule has 0 aliphatic rings. The van der Waals surface area contributed by atoms with Gasteiger partial charge in [-0.15, -0.1) is 0 Å². The van der Waals surface area contributed by atoms with E-state index in [1.165, 1.54) is 0 Å². The molecule has 0 amide bonds. The molecule has 0 heterocycles. The molecule has 0 aliphatic carbocycles. The predicted molar refractivity (Wildman–Crippen MR) is 90.9 cm³/mol. The van der Waals surface area contributed by atoms with Crippen molar-refractivity contribution < 1.29 is 9.66 Å². The highest BCUT2D eigenvalue weighted by atomic mass is 127. The Balaban J connectivity index is 2.18. The van der Waals surface area contributed by atoms with Crippen LogP contribution in [0.4, 0.5) is 11.4 Å². The van der Waals surface area contributed by atoms with Crippen molar-refractivity contribution in [2.24, 2.45) is 0 Å². The van der Waals surface area contributed by atoms with E-state index in [1.54, 1.807) is 19.2 Å². The molecule has 0 radical (unpaired) electrons. The summed E-state index contributed by atoms with van der Waals surface area (Å²) in [6.07, 6.45) is 0. The Hall–Kier alpha value is -1.83. The van der Waals surface area contributed by atoms with E-state index >= 15 is 0 Å². The molecule has 0 unspecified atom stereocenters. The van der Waals surface area contributed by atoms with Gasteiger partial charge in [0.15, 0.2) is 0 Å². The molecule has 0 fully saturated rings. The zero-order valence-corrected chi connectivity index (χ0v) is 13.9. The summed E-state index contributed by atoms with van der Waals surface area (Å²) in [4.78, 5) is 12.5. The number of nitro groups is 1. The van der Waals surface area contributed by atoms with Crippen LogP contribution in [0.3, 0.4) is 0 Å². The summed E-state index contributed by atoms with van der Waals surface area (Å²) in [5.41, 5.74) is 2.19. The molecular weight excluding hydrogens is 383 g/mol. The number of methoxy groups -OCH3 is 1. The number of hydrogen-bond donors (Lipinski definition) is 0. The molecule has 2 aromatic carbocycles. The van der Waals surface area contributed by atoms with Gasteiger partial charge in [-0.05, 0) is 52.4 Å². The third kappa shape index (κ3) is 3.84. The molecule has 21 heavy (non-hydrogen) atoms. The SMILES string of the molecule is COc1cccc(CN(C)c2ccc([N+](=O)[O-])c(I)c2)c1. The van der Waals surface area contributed by atoms with Crippen LogP contribution >= 0.6 is 22.6 Å². The molecular formula is C15H15IN2O3. The maximum absolute atomic E-state index is 10.8. The van der Waals surface area contributed by atoms with Crippen molar-refractivity contribution in [2.75, 3.05) is 19.1 Å². The Morgan fingerprint density at radius 2 is 2.05 bits per heavy atom. The number of anilines is 1. The highest BCUT2D eigenvalue weighted by Crippen LogP contribution is 2.26. The van der Waals surface area contributed by atoms with Gasteiger partial charge in [-0.25, -0.2) is 0 Å². The van der Waals surface area contributed by atoms with Gasteiger partial charge in [-0.3, -0.25) is 10.1 Å². The van der Waals surface area contributed by atoms with Crippen LogP contribution in [0.5, 0.6) is 5.75 Å². The van der Waals surface area contributed by atoms with Crippen molar-refractivity contribution in [2.45, 2.75) is 6.54 Å². The number of hydrogen-bond acceptors (Lipinski definition) is 4. The Morgan fingerprint density at radius 1 is 1.29 bits per heavy atom. The Bertz CT molecular complexity index is 661. The maximum Gasteiger partial charge on any atom is 0.282 e. The topological polar surface area (TPSA) is 55.6 Å². The molecule has 6 heteroatoms. The van der Waals surface area contributed by atoms with Gasteiger partial charge in [0.25, 0.3) is 5.69 Å². The van der Waals surface area contributed by atoms with Crippen LogP contribution in [0.15, 0.2) is 42.5 Å². The molecule has 0 saturated heterocycles. The summed E-state index contributed by atoms with van der Waals surface area (Å²) >= 11 is 1.99. The molecule has 5 nitrogen and oxygen atoms in total. The van der Waals surface area contributed by atoms with E-state index in [2.05, 4.69) is 0 Å². The highest BCUT2D eigenvalue weighted by molar-refractivity contribution is 14.1. The van der Waals surface area contributed by atoms with Gasteiger partial charge in [-0.2, -0.15) is 0 Å². The molecule has 0 spiro atoms. The number of ether oxygens (including phenoxy) is 1. The lowest BCUT2D eigenvalue weighted by Crippen LogP contribution is -2.16. The number of halogens is 1. The lowest BCUT2D eigenvalue weighted by atomic mass is 10.2. The zero-order chi connectivity index (χ0) is 15.4. The van der Waals surface area contributed by atoms with Gasteiger partial charge in [-0.1, -0.05) is 12.1 Å². The zero-order valence-electron chi connectivity index (χ0n) is 11.7. The average Bonchev–Trinajstić information content (AvgIpc) is 2.46. The monoisotopic (exact) mass is 398 g/mol. The minimum Gasteiger partial charge on any atom is -0.497 e. The summed E-state index contributed by atoms with van der Waals surface area (Å²) < 4.78 is 5.84. The van der Waals surface area contributed by atoms with Crippen LogP contribution in [-0.4, -0.2) is 19.1 Å². The molecule has 110 valence electrons. The molecule has 0 saturated carbocycles. The fraction of sp³-hybridized carbons (Fsp3) is 0.200. The van der Waals surface area contributed by atoms with Gasteiger partial charge in [0.05, 0.1) is 15.6 Å². The van der Waals surface area contributed by atoms with Crippen LogP contribution in [0.2, 0.25) is 0 Å². The van der Waals surface area contributed by atoms with Crippen LogP contribution in [0.1, 0.15) is 5.56 Å². The van der Waals surface area contributed by atoms with Crippen molar-refractivity contribution in [3.8, 4) is 5.75 Å². The predicted octanol–water partition coefficient (Wildman–Crippen LogP) is 3.84.